The topological polar surface area (TPSA) is 0 Å². The summed E-state index contributed by atoms with van der Waals surface area (Å²) in [5, 5.41) is 0. The lowest BCUT2D eigenvalue weighted by atomic mass is 9.50. The van der Waals surface area contributed by atoms with Crippen molar-refractivity contribution in [1.82, 2.24) is 0 Å². The van der Waals surface area contributed by atoms with Crippen LogP contribution in [0.1, 0.15) is 44.9 Å². The third kappa shape index (κ3) is 0.761. The van der Waals surface area contributed by atoms with Crippen LogP contribution in [0.3, 0.4) is 0 Å². The molecule has 0 aliphatic heterocycles. The van der Waals surface area contributed by atoms with Gasteiger partial charge in [-0.05, 0) is 49.4 Å². The van der Waals surface area contributed by atoms with Crippen LogP contribution < -0.4 is 0 Å². The maximum absolute atomic E-state index is 1.59. The molecule has 0 heteroatoms. The lowest BCUT2D eigenvalue weighted by Gasteiger charge is -2.55. The van der Waals surface area contributed by atoms with E-state index in [2.05, 4.69) is 0 Å². The normalized spacial score (nSPS) is 54.5. The molecule has 4 saturated carbocycles. The molecule has 0 heterocycles. The molecule has 0 nitrogen and oxygen atoms in total. The van der Waals surface area contributed by atoms with Gasteiger partial charge in [0.15, 0.2) is 0 Å². The van der Waals surface area contributed by atoms with E-state index in [4.69, 9.17) is 0 Å². The van der Waals surface area contributed by atoms with Gasteiger partial charge < -0.3 is 0 Å². The predicted octanol–water partition coefficient (Wildman–Crippen LogP) is 3.22. The molecule has 0 unspecified atom stereocenters. The summed E-state index contributed by atoms with van der Waals surface area (Å²) in [6, 6.07) is 0. The molecule has 62 valence electrons. The fourth-order valence-corrected chi connectivity index (χ4v) is 4.19. The molecule has 11 heavy (non-hydrogen) atoms. The van der Waals surface area contributed by atoms with Crippen LogP contribution in [0.4, 0.5) is 0 Å². The summed E-state index contributed by atoms with van der Waals surface area (Å²) >= 11 is 0. The molecule has 0 aromatic heterocycles. The zero-order chi connectivity index (χ0) is 7.26. The van der Waals surface area contributed by atoms with Crippen molar-refractivity contribution in [3.63, 3.8) is 0 Å². The number of hydrogen-bond acceptors (Lipinski definition) is 0. The van der Waals surface area contributed by atoms with E-state index < -0.39 is 0 Å². The first-order valence-electron chi connectivity index (χ1n) is 5.47. The Kier molecular flexibility index (Phi) is 1.33. The first kappa shape index (κ1) is 6.51. The molecular weight excluding hydrogens is 132 g/mol. The predicted molar refractivity (Wildman–Crippen MR) is 46.3 cm³/mol. The molecule has 4 fully saturated rings. The minimum Gasteiger partial charge on any atom is -0.0530 e. The Labute approximate surface area is 69.4 Å². The molecule has 4 aliphatic carbocycles. The highest BCUT2D eigenvalue weighted by molar-refractivity contribution is 5.01. The van der Waals surface area contributed by atoms with Gasteiger partial charge in [0.2, 0.25) is 0 Å². The molecule has 0 saturated heterocycles. The van der Waals surface area contributed by atoms with Gasteiger partial charge >= 0.3 is 0 Å². The summed E-state index contributed by atoms with van der Waals surface area (Å²) in [7, 11) is 0. The summed E-state index contributed by atoms with van der Waals surface area (Å²) in [4.78, 5) is 0. The summed E-state index contributed by atoms with van der Waals surface area (Å²) in [6.45, 7) is 0. The van der Waals surface area contributed by atoms with Crippen LogP contribution in [-0.2, 0) is 0 Å². The SMILES string of the molecule is C1CCC2C3CCCC2C3C1. The van der Waals surface area contributed by atoms with Gasteiger partial charge in [-0.25, -0.2) is 0 Å². The molecular formula is C11H18. The molecule has 4 rings (SSSR count). The summed E-state index contributed by atoms with van der Waals surface area (Å²) in [5.74, 6) is 4.82. The summed E-state index contributed by atoms with van der Waals surface area (Å²) in [6.07, 6.45) is 11.0. The van der Waals surface area contributed by atoms with Crippen molar-refractivity contribution in [1.29, 1.82) is 0 Å². The van der Waals surface area contributed by atoms with Gasteiger partial charge in [-0.3, -0.25) is 0 Å². The first-order valence-corrected chi connectivity index (χ1v) is 5.47. The smallest absolute Gasteiger partial charge is 0.0352 e. The first-order chi connectivity index (χ1) is 5.47. The largest absolute Gasteiger partial charge is 0.0530 e. The summed E-state index contributed by atoms with van der Waals surface area (Å²) < 4.78 is 0. The van der Waals surface area contributed by atoms with E-state index in [1.54, 1.807) is 44.9 Å². The fraction of sp³-hybridized carbons (Fsp3) is 1.00. The maximum Gasteiger partial charge on any atom is -0.0352 e. The number of fused-ring (bicyclic) bond motifs is 3. The van der Waals surface area contributed by atoms with Crippen LogP contribution in [0.2, 0.25) is 0 Å². The van der Waals surface area contributed by atoms with E-state index in [9.17, 15) is 0 Å². The third-order valence-corrected chi connectivity index (χ3v) is 4.60. The molecule has 0 N–H and O–H groups in total. The van der Waals surface area contributed by atoms with Crippen molar-refractivity contribution in [3.05, 3.63) is 0 Å². The monoisotopic (exact) mass is 150 g/mol. The highest BCUT2D eigenvalue weighted by atomic mass is 14.6. The molecule has 4 aliphatic rings. The Morgan fingerprint density at radius 3 is 1.27 bits per heavy atom. The molecule has 0 amide bonds. The van der Waals surface area contributed by atoms with Gasteiger partial charge in [0, 0.05) is 0 Å². The second-order valence-corrected chi connectivity index (χ2v) is 4.87. The van der Waals surface area contributed by atoms with Gasteiger partial charge in [0.05, 0.1) is 0 Å². The fourth-order valence-electron chi connectivity index (χ4n) is 4.19. The third-order valence-electron chi connectivity index (χ3n) is 4.60. The van der Waals surface area contributed by atoms with Crippen LogP contribution in [-0.4, -0.2) is 0 Å². The minimum atomic E-state index is 1.20. The molecule has 0 aromatic rings. The van der Waals surface area contributed by atoms with E-state index in [1.165, 1.54) is 23.7 Å². The lowest BCUT2D eigenvalue weighted by molar-refractivity contribution is -0.0642. The van der Waals surface area contributed by atoms with Crippen molar-refractivity contribution in [2.24, 2.45) is 23.7 Å². The van der Waals surface area contributed by atoms with Crippen molar-refractivity contribution < 1.29 is 0 Å². The average Bonchev–Trinajstić information content (AvgIpc) is 2.39. The van der Waals surface area contributed by atoms with Gasteiger partial charge in [-0.2, -0.15) is 0 Å². The Morgan fingerprint density at radius 1 is 0.455 bits per heavy atom. The van der Waals surface area contributed by atoms with Crippen LogP contribution in [0, 0.1) is 23.7 Å². The van der Waals surface area contributed by atoms with Crippen molar-refractivity contribution in [3.8, 4) is 0 Å². The highest BCUT2D eigenvalue weighted by Gasteiger charge is 2.51. The second-order valence-electron chi connectivity index (χ2n) is 4.87. The zero-order valence-electron chi connectivity index (χ0n) is 7.26. The Balaban J connectivity index is 1.84. The average molecular weight is 150 g/mol. The van der Waals surface area contributed by atoms with Gasteiger partial charge in [0.1, 0.15) is 0 Å². The number of hydrogen-bond donors (Lipinski definition) is 0. The second kappa shape index (κ2) is 2.24. The van der Waals surface area contributed by atoms with E-state index in [0.717, 1.165) is 0 Å². The van der Waals surface area contributed by atoms with Crippen LogP contribution >= 0.6 is 0 Å². The van der Waals surface area contributed by atoms with E-state index >= 15 is 0 Å². The molecule has 0 atom stereocenters. The van der Waals surface area contributed by atoms with Gasteiger partial charge in [-0.1, -0.05) is 19.3 Å². The Hall–Kier alpha value is 0. The van der Waals surface area contributed by atoms with Gasteiger partial charge in [-0.15, -0.1) is 0 Å². The lowest BCUT2D eigenvalue weighted by Crippen LogP contribution is -2.48. The standard InChI is InChI=1S/C11H18/c1-2-5-9-10-6-3-7-11(9)8(10)4-1/h8-11H,1-7H2. The maximum atomic E-state index is 1.59. The van der Waals surface area contributed by atoms with Crippen LogP contribution in [0.25, 0.3) is 0 Å². The Bertz CT molecular complexity index is 131. The molecule has 4 bridgehead atoms. The minimum absolute atomic E-state index is 1.20. The van der Waals surface area contributed by atoms with Crippen molar-refractivity contribution in [2.75, 3.05) is 0 Å². The van der Waals surface area contributed by atoms with Crippen molar-refractivity contribution >= 4 is 0 Å². The molecule has 0 spiro atoms. The van der Waals surface area contributed by atoms with Crippen molar-refractivity contribution in [2.45, 2.75) is 44.9 Å². The van der Waals surface area contributed by atoms with Crippen LogP contribution in [0.5, 0.6) is 0 Å². The molecule has 0 aromatic carbocycles. The Morgan fingerprint density at radius 2 is 0.818 bits per heavy atom. The quantitative estimate of drug-likeness (QED) is 0.497. The van der Waals surface area contributed by atoms with E-state index in [0.29, 0.717) is 0 Å². The summed E-state index contributed by atoms with van der Waals surface area (Å²) in [5.41, 5.74) is 0. The zero-order valence-corrected chi connectivity index (χ0v) is 7.26. The highest BCUT2D eigenvalue weighted by Crippen LogP contribution is 2.60. The van der Waals surface area contributed by atoms with Gasteiger partial charge in [0.25, 0.3) is 0 Å². The van der Waals surface area contributed by atoms with E-state index in [1.807, 2.05) is 0 Å². The number of rotatable bonds is 0. The van der Waals surface area contributed by atoms with Crippen LogP contribution in [0.15, 0.2) is 0 Å². The van der Waals surface area contributed by atoms with E-state index in [-0.39, 0.29) is 0 Å². The molecule has 0 radical (unpaired) electrons.